The first-order chi connectivity index (χ1) is 9.85. The lowest BCUT2D eigenvalue weighted by atomic mass is 10.2. The van der Waals surface area contributed by atoms with Gasteiger partial charge in [0.1, 0.15) is 0 Å². The Kier molecular flexibility index (Phi) is 7.49. The van der Waals surface area contributed by atoms with Crippen molar-refractivity contribution in [2.75, 3.05) is 28.4 Å². The molecule has 7 nitrogen and oxygen atoms in total. The van der Waals surface area contributed by atoms with Crippen LogP contribution in [0, 0.1) is 3.57 Å². The van der Waals surface area contributed by atoms with Crippen LogP contribution in [0.15, 0.2) is 24.3 Å². The van der Waals surface area contributed by atoms with E-state index in [1.807, 2.05) is 22.6 Å². The van der Waals surface area contributed by atoms with Crippen molar-refractivity contribution in [1.82, 2.24) is 0 Å². The number of phosphoric ester groups is 1. The van der Waals surface area contributed by atoms with Crippen LogP contribution in [0.3, 0.4) is 0 Å². The molecule has 0 saturated carbocycles. The fraction of sp³-hybridized carbons (Fsp3) is 0.455. The highest BCUT2D eigenvalue weighted by Crippen LogP contribution is 2.67. The molecule has 1 atom stereocenters. The largest absolute Gasteiger partial charge is 0.475 e. The summed E-state index contributed by atoms with van der Waals surface area (Å²) in [5.41, 5.74) is 0.499. The standard InChI is InChI=1S/C11H17IO7P2/c1-15-20(13,16-2)11(19-21(14,17-3)18-4)9-7-5-6-8-10(9)12/h5-8,11H,1-4H3. The van der Waals surface area contributed by atoms with Gasteiger partial charge in [-0.25, -0.2) is 4.57 Å². The SMILES string of the molecule is COP(=O)(OC)OC(c1ccccc1I)P(=O)(OC)OC. The quantitative estimate of drug-likeness (QED) is 0.434. The minimum atomic E-state index is -3.88. The Morgan fingerprint density at radius 2 is 1.48 bits per heavy atom. The van der Waals surface area contributed by atoms with Crippen LogP contribution in [-0.4, -0.2) is 28.4 Å². The third-order valence-electron chi connectivity index (χ3n) is 2.64. The van der Waals surface area contributed by atoms with Crippen LogP contribution in [-0.2, 0) is 31.7 Å². The van der Waals surface area contributed by atoms with Crippen molar-refractivity contribution in [3.8, 4) is 0 Å². The summed E-state index contributed by atoms with van der Waals surface area (Å²) in [6.07, 6.45) is 0. The van der Waals surface area contributed by atoms with E-state index in [1.54, 1.807) is 24.3 Å². The van der Waals surface area contributed by atoms with Crippen LogP contribution in [0.1, 0.15) is 11.4 Å². The van der Waals surface area contributed by atoms with Gasteiger partial charge in [-0.3, -0.25) is 18.1 Å². The summed E-state index contributed by atoms with van der Waals surface area (Å²) >= 11 is 2.04. The van der Waals surface area contributed by atoms with Crippen LogP contribution in [0.4, 0.5) is 0 Å². The maximum absolute atomic E-state index is 12.7. The van der Waals surface area contributed by atoms with Crippen molar-refractivity contribution in [3.05, 3.63) is 33.4 Å². The molecule has 0 fully saturated rings. The maximum Gasteiger partial charge on any atom is 0.475 e. The van der Waals surface area contributed by atoms with Crippen LogP contribution in [0.2, 0.25) is 0 Å². The van der Waals surface area contributed by atoms with Gasteiger partial charge in [0, 0.05) is 37.6 Å². The molecule has 21 heavy (non-hydrogen) atoms. The highest BCUT2D eigenvalue weighted by Gasteiger charge is 2.43. The molecule has 0 aliphatic rings. The molecule has 10 heteroatoms. The van der Waals surface area contributed by atoms with Crippen molar-refractivity contribution in [2.45, 2.75) is 5.85 Å². The first kappa shape index (κ1) is 19.3. The molecule has 1 aromatic carbocycles. The van der Waals surface area contributed by atoms with Crippen molar-refractivity contribution in [1.29, 1.82) is 0 Å². The Balaban J connectivity index is 3.35. The van der Waals surface area contributed by atoms with E-state index < -0.39 is 21.3 Å². The monoisotopic (exact) mass is 450 g/mol. The molecule has 0 aliphatic carbocycles. The van der Waals surface area contributed by atoms with Crippen LogP contribution >= 0.6 is 38.0 Å². The highest BCUT2D eigenvalue weighted by molar-refractivity contribution is 14.1. The minimum Gasteiger partial charge on any atom is -0.310 e. The summed E-state index contributed by atoms with van der Waals surface area (Å²) in [5.74, 6) is -1.24. The van der Waals surface area contributed by atoms with Crippen LogP contribution < -0.4 is 0 Å². The molecule has 1 aromatic rings. The van der Waals surface area contributed by atoms with Crippen molar-refractivity contribution < 1.29 is 31.7 Å². The Bertz CT molecular complexity index is 549. The van der Waals surface area contributed by atoms with Gasteiger partial charge in [0.2, 0.25) is 0 Å². The van der Waals surface area contributed by atoms with E-state index in [-0.39, 0.29) is 0 Å². The lowest BCUT2D eigenvalue weighted by molar-refractivity contribution is 0.116. The van der Waals surface area contributed by atoms with Crippen LogP contribution in [0.25, 0.3) is 0 Å². The molecule has 0 saturated heterocycles. The van der Waals surface area contributed by atoms with Gasteiger partial charge in [0.25, 0.3) is 0 Å². The topological polar surface area (TPSA) is 80.3 Å². The molecular formula is C11H17IO7P2. The van der Waals surface area contributed by atoms with Crippen molar-refractivity contribution >= 4 is 38.0 Å². The zero-order chi connectivity index (χ0) is 16.1. The number of phosphoric acid groups is 1. The molecule has 0 bridgehead atoms. The Labute approximate surface area is 137 Å². The Morgan fingerprint density at radius 1 is 0.952 bits per heavy atom. The summed E-state index contributed by atoms with van der Waals surface area (Å²) < 4.78 is 50.4. The van der Waals surface area contributed by atoms with E-state index in [1.165, 1.54) is 28.4 Å². The van der Waals surface area contributed by atoms with Crippen molar-refractivity contribution in [3.63, 3.8) is 0 Å². The molecule has 0 aromatic heterocycles. The predicted molar refractivity (Wildman–Crippen MR) is 86.2 cm³/mol. The summed E-state index contributed by atoms with van der Waals surface area (Å²) in [5, 5.41) is 0. The zero-order valence-electron chi connectivity index (χ0n) is 12.0. The van der Waals surface area contributed by atoms with Gasteiger partial charge in [-0.05, 0) is 28.7 Å². The third kappa shape index (κ3) is 4.59. The fourth-order valence-electron chi connectivity index (χ4n) is 1.51. The van der Waals surface area contributed by atoms with Gasteiger partial charge >= 0.3 is 15.4 Å². The molecule has 120 valence electrons. The highest BCUT2D eigenvalue weighted by atomic mass is 127. The second-order valence-electron chi connectivity index (χ2n) is 3.70. The molecule has 1 unspecified atom stereocenters. The molecular weight excluding hydrogens is 433 g/mol. The molecule has 1 rings (SSSR count). The number of hydrogen-bond acceptors (Lipinski definition) is 7. The van der Waals surface area contributed by atoms with Gasteiger partial charge in [-0.15, -0.1) is 0 Å². The normalized spacial score (nSPS) is 14.1. The number of rotatable bonds is 8. The Morgan fingerprint density at radius 3 is 1.90 bits per heavy atom. The van der Waals surface area contributed by atoms with Crippen LogP contribution in [0.5, 0.6) is 0 Å². The van der Waals surface area contributed by atoms with Gasteiger partial charge < -0.3 is 9.05 Å². The second-order valence-corrected chi connectivity index (χ2v) is 8.97. The zero-order valence-corrected chi connectivity index (χ0v) is 16.0. The number of benzene rings is 1. The summed E-state index contributed by atoms with van der Waals surface area (Å²) in [6.45, 7) is 0. The molecule has 0 radical (unpaired) electrons. The van der Waals surface area contributed by atoms with E-state index in [0.29, 0.717) is 5.56 Å². The van der Waals surface area contributed by atoms with Gasteiger partial charge in [0.05, 0.1) is 0 Å². The van der Waals surface area contributed by atoms with E-state index >= 15 is 0 Å². The van der Waals surface area contributed by atoms with Crippen molar-refractivity contribution in [2.24, 2.45) is 0 Å². The molecule has 0 aliphatic heterocycles. The molecule has 0 spiro atoms. The minimum absolute atomic E-state index is 0.499. The first-order valence-corrected chi connectivity index (χ1v) is 9.86. The average molecular weight is 450 g/mol. The molecule has 0 N–H and O–H groups in total. The number of halogens is 1. The lowest BCUT2D eigenvalue weighted by Gasteiger charge is -2.27. The van der Waals surface area contributed by atoms with Gasteiger partial charge in [-0.2, -0.15) is 0 Å². The predicted octanol–water partition coefficient (Wildman–Crippen LogP) is 4.19. The van der Waals surface area contributed by atoms with Gasteiger partial charge in [0.15, 0.2) is 5.85 Å². The average Bonchev–Trinajstić information content (AvgIpc) is 2.52. The second kappa shape index (κ2) is 8.17. The lowest BCUT2D eigenvalue weighted by Crippen LogP contribution is -2.10. The fourth-order valence-corrected chi connectivity index (χ4v) is 5.01. The van der Waals surface area contributed by atoms with E-state index in [9.17, 15) is 9.13 Å². The summed E-state index contributed by atoms with van der Waals surface area (Å²) in [4.78, 5) is 0. The van der Waals surface area contributed by atoms with E-state index in [0.717, 1.165) is 3.57 Å². The first-order valence-electron chi connectivity index (χ1n) is 5.71. The van der Waals surface area contributed by atoms with E-state index in [2.05, 4.69) is 0 Å². The molecule has 0 amide bonds. The summed E-state index contributed by atoms with van der Waals surface area (Å²) in [7, 11) is -2.82. The molecule has 0 heterocycles. The third-order valence-corrected chi connectivity index (χ3v) is 7.13. The summed E-state index contributed by atoms with van der Waals surface area (Å²) in [6, 6.07) is 6.99. The van der Waals surface area contributed by atoms with E-state index in [4.69, 9.17) is 22.6 Å². The Hall–Kier alpha value is 0.210. The number of hydrogen-bond donors (Lipinski definition) is 0. The maximum atomic E-state index is 12.7. The van der Waals surface area contributed by atoms with Gasteiger partial charge in [-0.1, -0.05) is 18.2 Å². The smallest absolute Gasteiger partial charge is 0.310 e.